The molecular weight excluding hydrogens is 480 g/mol. The fourth-order valence-corrected chi connectivity index (χ4v) is 5.86. The zero-order valence-electron chi connectivity index (χ0n) is 20.2. The lowest BCUT2D eigenvalue weighted by atomic mass is 9.93. The molecule has 0 radical (unpaired) electrons. The van der Waals surface area contributed by atoms with E-state index >= 15 is 0 Å². The Labute approximate surface area is 210 Å². The molecule has 1 atom stereocenters. The Morgan fingerprint density at radius 2 is 1.75 bits per heavy atom. The maximum atomic E-state index is 13.4. The van der Waals surface area contributed by atoms with Crippen LogP contribution in [0.5, 0.6) is 0 Å². The maximum Gasteiger partial charge on any atom is 0.338 e. The van der Waals surface area contributed by atoms with E-state index in [4.69, 9.17) is 4.74 Å². The molecule has 0 spiro atoms. The summed E-state index contributed by atoms with van der Waals surface area (Å²) in [5.41, 5.74) is 4.56. The van der Waals surface area contributed by atoms with Gasteiger partial charge in [0.15, 0.2) is 0 Å². The van der Waals surface area contributed by atoms with Gasteiger partial charge in [-0.2, -0.15) is 0 Å². The fourth-order valence-electron chi connectivity index (χ4n) is 4.29. The van der Waals surface area contributed by atoms with E-state index in [1.807, 2.05) is 39.0 Å². The third-order valence-electron chi connectivity index (χ3n) is 6.20. The first-order valence-electron chi connectivity index (χ1n) is 11.4. The maximum absolute atomic E-state index is 13.4. The zero-order chi connectivity index (χ0) is 26.0. The number of anilines is 1. The Morgan fingerprint density at radius 1 is 1.08 bits per heavy atom. The van der Waals surface area contributed by atoms with Gasteiger partial charge >= 0.3 is 5.97 Å². The molecule has 3 aromatic carbocycles. The summed E-state index contributed by atoms with van der Waals surface area (Å²) >= 11 is 0. The van der Waals surface area contributed by atoms with Crippen LogP contribution < -0.4 is 4.31 Å². The van der Waals surface area contributed by atoms with Crippen molar-refractivity contribution < 1.29 is 22.9 Å². The second-order valence-electron chi connectivity index (χ2n) is 8.78. The molecule has 0 fully saturated rings. The van der Waals surface area contributed by atoms with Crippen LogP contribution in [0.1, 0.15) is 45.5 Å². The summed E-state index contributed by atoms with van der Waals surface area (Å²) in [6, 6.07) is 15.8. The lowest BCUT2D eigenvalue weighted by Crippen LogP contribution is -2.29. The minimum absolute atomic E-state index is 0.00130. The van der Waals surface area contributed by atoms with Crippen LogP contribution in [-0.4, -0.2) is 32.5 Å². The Morgan fingerprint density at radius 3 is 2.39 bits per heavy atom. The number of carbonyl (C=O) groups excluding carboxylic acids is 1. The van der Waals surface area contributed by atoms with E-state index in [0.29, 0.717) is 12.2 Å². The Hall–Kier alpha value is -3.98. The summed E-state index contributed by atoms with van der Waals surface area (Å²) in [6.45, 7) is 6.19. The smallest absolute Gasteiger partial charge is 0.338 e. The molecule has 0 amide bonds. The molecule has 4 rings (SSSR count). The number of esters is 1. The number of fused-ring (bicyclic) bond motifs is 1. The van der Waals surface area contributed by atoms with E-state index in [-0.39, 0.29) is 28.7 Å². The number of carbonyl (C=O) groups is 1. The highest BCUT2D eigenvalue weighted by Crippen LogP contribution is 2.42. The van der Waals surface area contributed by atoms with Gasteiger partial charge in [0.1, 0.15) is 6.61 Å². The largest absolute Gasteiger partial charge is 0.458 e. The quantitative estimate of drug-likeness (QED) is 0.241. The van der Waals surface area contributed by atoms with Crippen molar-refractivity contribution in [2.24, 2.45) is 0 Å². The summed E-state index contributed by atoms with van der Waals surface area (Å²) in [5.74, 6) is -0.615. The minimum atomic E-state index is -3.71. The average molecular weight is 507 g/mol. The summed E-state index contributed by atoms with van der Waals surface area (Å²) in [4.78, 5) is 22.7. The minimum Gasteiger partial charge on any atom is -0.458 e. The predicted octanol–water partition coefficient (Wildman–Crippen LogP) is 5.39. The molecule has 0 saturated heterocycles. The number of ether oxygens (including phenoxy) is 1. The summed E-state index contributed by atoms with van der Waals surface area (Å²) in [7, 11) is -3.71. The second kappa shape index (κ2) is 9.94. The van der Waals surface area contributed by atoms with Crippen LogP contribution in [0.3, 0.4) is 0 Å². The van der Waals surface area contributed by atoms with Gasteiger partial charge in [-0.15, -0.1) is 0 Å². The molecule has 0 bridgehead atoms. The standard InChI is InChI=1S/C27H26N2O6S/c1-18-6-13-23(14-7-18)36(33,34)28-17-20(3)26-24(19(2)8-15-25(26)28)5-4-16-35-27(30)21-9-11-22(12-10-21)29(31)32/h4-15,20H,16-17H2,1-3H3/b5-4+/t20-/m1/s1. The first-order valence-corrected chi connectivity index (χ1v) is 12.8. The van der Waals surface area contributed by atoms with Gasteiger partial charge < -0.3 is 4.74 Å². The van der Waals surface area contributed by atoms with E-state index in [9.17, 15) is 23.3 Å². The topological polar surface area (TPSA) is 107 Å². The third kappa shape index (κ3) is 4.87. The van der Waals surface area contributed by atoms with Gasteiger partial charge in [-0.25, -0.2) is 13.2 Å². The van der Waals surface area contributed by atoms with Crippen molar-refractivity contribution in [1.29, 1.82) is 0 Å². The highest BCUT2D eigenvalue weighted by Gasteiger charge is 2.36. The van der Waals surface area contributed by atoms with E-state index in [2.05, 4.69) is 0 Å². The molecule has 0 aliphatic carbocycles. The number of aryl methyl sites for hydroxylation is 2. The van der Waals surface area contributed by atoms with Crippen molar-refractivity contribution in [2.75, 3.05) is 17.5 Å². The molecule has 9 heteroatoms. The molecule has 0 N–H and O–H groups in total. The van der Waals surface area contributed by atoms with Crippen molar-refractivity contribution in [1.82, 2.24) is 0 Å². The lowest BCUT2D eigenvalue weighted by Gasteiger charge is -2.20. The van der Waals surface area contributed by atoms with Crippen molar-refractivity contribution >= 4 is 33.4 Å². The predicted molar refractivity (Wildman–Crippen MR) is 138 cm³/mol. The van der Waals surface area contributed by atoms with Crippen LogP contribution >= 0.6 is 0 Å². The van der Waals surface area contributed by atoms with Crippen LogP contribution in [0, 0.1) is 24.0 Å². The van der Waals surface area contributed by atoms with Crippen LogP contribution in [-0.2, 0) is 14.8 Å². The van der Waals surface area contributed by atoms with Gasteiger partial charge in [0.25, 0.3) is 15.7 Å². The van der Waals surface area contributed by atoms with Gasteiger partial charge in [-0.3, -0.25) is 14.4 Å². The number of non-ortho nitro benzene ring substituents is 1. The molecule has 0 unspecified atom stereocenters. The summed E-state index contributed by atoms with van der Waals surface area (Å²) < 4.78 is 33.5. The van der Waals surface area contributed by atoms with E-state index < -0.39 is 20.9 Å². The highest BCUT2D eigenvalue weighted by molar-refractivity contribution is 7.92. The van der Waals surface area contributed by atoms with Gasteiger partial charge in [-0.05, 0) is 66.9 Å². The second-order valence-corrected chi connectivity index (χ2v) is 10.6. The molecular formula is C27H26N2O6S. The Bertz CT molecular complexity index is 1440. The first-order chi connectivity index (χ1) is 17.1. The van der Waals surface area contributed by atoms with E-state index in [0.717, 1.165) is 22.3 Å². The highest BCUT2D eigenvalue weighted by atomic mass is 32.2. The molecule has 1 heterocycles. The molecule has 0 saturated carbocycles. The number of hydrogen-bond acceptors (Lipinski definition) is 6. The number of hydrogen-bond donors (Lipinski definition) is 0. The van der Waals surface area contributed by atoms with Gasteiger partial charge in [0.2, 0.25) is 0 Å². The number of rotatable bonds is 7. The number of sulfonamides is 1. The lowest BCUT2D eigenvalue weighted by molar-refractivity contribution is -0.384. The number of nitro groups is 1. The number of benzene rings is 3. The number of nitrogens with zero attached hydrogens (tertiary/aromatic N) is 2. The van der Waals surface area contributed by atoms with Crippen molar-refractivity contribution in [3.63, 3.8) is 0 Å². The fraction of sp³-hybridized carbons (Fsp3) is 0.222. The molecule has 0 aromatic heterocycles. The van der Waals surface area contributed by atoms with Crippen LogP contribution in [0.15, 0.2) is 71.6 Å². The normalized spacial score (nSPS) is 15.2. The van der Waals surface area contributed by atoms with Crippen molar-refractivity contribution in [3.8, 4) is 0 Å². The van der Waals surface area contributed by atoms with Crippen LogP contribution in [0.4, 0.5) is 11.4 Å². The Kier molecular flexibility index (Phi) is 6.94. The molecule has 1 aliphatic heterocycles. The monoisotopic (exact) mass is 506 g/mol. The Balaban J connectivity index is 1.53. The first kappa shape index (κ1) is 25.1. The van der Waals surface area contributed by atoms with Gasteiger partial charge in [0, 0.05) is 24.6 Å². The third-order valence-corrected chi connectivity index (χ3v) is 8.00. The summed E-state index contributed by atoms with van der Waals surface area (Å²) in [6.07, 6.45) is 3.55. The molecule has 36 heavy (non-hydrogen) atoms. The molecule has 186 valence electrons. The van der Waals surface area contributed by atoms with Gasteiger partial charge in [0.05, 0.1) is 21.1 Å². The van der Waals surface area contributed by atoms with E-state index in [1.54, 1.807) is 30.3 Å². The van der Waals surface area contributed by atoms with Gasteiger partial charge in [-0.1, -0.05) is 36.8 Å². The van der Waals surface area contributed by atoms with Crippen molar-refractivity contribution in [2.45, 2.75) is 31.6 Å². The van der Waals surface area contributed by atoms with E-state index in [1.165, 1.54) is 28.6 Å². The SMILES string of the molecule is Cc1ccc(S(=O)(=O)N2C[C@@H](C)c3c2ccc(C)c3/C=C/COC(=O)c2ccc([N+](=O)[O-])cc2)cc1. The zero-order valence-corrected chi connectivity index (χ0v) is 21.0. The summed E-state index contributed by atoms with van der Waals surface area (Å²) in [5, 5.41) is 10.8. The number of nitro benzene ring substituents is 1. The van der Waals surface area contributed by atoms with Crippen LogP contribution in [0.2, 0.25) is 0 Å². The van der Waals surface area contributed by atoms with Crippen molar-refractivity contribution in [3.05, 3.63) is 105 Å². The molecule has 1 aliphatic rings. The molecule has 3 aromatic rings. The average Bonchev–Trinajstić information content (AvgIpc) is 3.20. The van der Waals surface area contributed by atoms with Crippen LogP contribution in [0.25, 0.3) is 6.08 Å². The molecule has 8 nitrogen and oxygen atoms in total.